The second-order valence-corrected chi connectivity index (χ2v) is 4.53. The summed E-state index contributed by atoms with van der Waals surface area (Å²) in [5.74, 6) is 2.46. The number of Topliss-reactive ketones (excluding diaryl/α,β-unsaturated/α-hetero) is 1. The number of ketones is 1. The molecule has 0 N–H and O–H groups in total. The molecule has 0 aliphatic heterocycles. The average molecular weight is 237 g/mol. The predicted octanol–water partition coefficient (Wildman–Crippen LogP) is 2.85. The van der Waals surface area contributed by atoms with Gasteiger partial charge < -0.3 is 4.90 Å². The van der Waals surface area contributed by atoms with Gasteiger partial charge in [0.15, 0.2) is 0 Å². The number of fused-ring (bicyclic) bond motifs is 1. The second kappa shape index (κ2) is 4.93. The molecule has 90 valence electrons. The lowest BCUT2D eigenvalue weighted by molar-refractivity contribution is 0.105. The summed E-state index contributed by atoms with van der Waals surface area (Å²) in [6.07, 6.45) is 0. The monoisotopic (exact) mass is 237 g/mol. The lowest BCUT2D eigenvalue weighted by Crippen LogP contribution is -2.03. The number of benzene rings is 2. The van der Waals surface area contributed by atoms with E-state index >= 15 is 0 Å². The third kappa shape index (κ3) is 2.70. The maximum Gasteiger partial charge on any atom is 0.237 e. The minimum Gasteiger partial charge on any atom is -0.338 e. The Labute approximate surface area is 107 Å². The molecule has 18 heavy (non-hydrogen) atoms. The zero-order valence-corrected chi connectivity index (χ0v) is 10.8. The summed E-state index contributed by atoms with van der Waals surface area (Å²) in [5.41, 5.74) is 1.86. The van der Waals surface area contributed by atoms with Gasteiger partial charge in [0.25, 0.3) is 0 Å². The molecule has 0 aliphatic carbocycles. The first-order valence-electron chi connectivity index (χ1n) is 5.80. The van der Waals surface area contributed by atoms with Crippen molar-refractivity contribution in [2.45, 2.75) is 6.92 Å². The van der Waals surface area contributed by atoms with Gasteiger partial charge in [0, 0.05) is 25.7 Å². The molecule has 0 spiro atoms. The van der Waals surface area contributed by atoms with E-state index in [1.165, 1.54) is 5.56 Å². The third-order valence-electron chi connectivity index (χ3n) is 2.65. The number of hydrogen-bond acceptors (Lipinski definition) is 2. The fourth-order valence-corrected chi connectivity index (χ4v) is 1.74. The van der Waals surface area contributed by atoms with Gasteiger partial charge in [-0.05, 0) is 35.7 Å². The van der Waals surface area contributed by atoms with Crippen LogP contribution in [-0.4, -0.2) is 24.8 Å². The van der Waals surface area contributed by atoms with Gasteiger partial charge in [-0.2, -0.15) is 0 Å². The normalized spacial score (nSPS) is 9.72. The van der Waals surface area contributed by atoms with E-state index in [0.29, 0.717) is 5.56 Å². The molecular weight excluding hydrogens is 222 g/mol. The Morgan fingerprint density at radius 1 is 1.06 bits per heavy atom. The van der Waals surface area contributed by atoms with Gasteiger partial charge in [-0.15, -0.1) is 0 Å². The number of carbonyl (C=O) groups is 1. The smallest absolute Gasteiger partial charge is 0.237 e. The van der Waals surface area contributed by atoms with Crippen LogP contribution >= 0.6 is 0 Å². The predicted molar refractivity (Wildman–Crippen MR) is 74.5 cm³/mol. The maximum atomic E-state index is 11.9. The minimum atomic E-state index is -0.147. The molecule has 0 heterocycles. The summed E-state index contributed by atoms with van der Waals surface area (Å²) in [6.45, 7) is 2.06. The number of hydrogen-bond donors (Lipinski definition) is 0. The van der Waals surface area contributed by atoms with E-state index in [1.54, 1.807) is 4.90 Å². The van der Waals surface area contributed by atoms with E-state index in [-0.39, 0.29) is 5.78 Å². The Balaban J connectivity index is 2.39. The summed E-state index contributed by atoms with van der Waals surface area (Å²) >= 11 is 0. The Morgan fingerprint density at radius 2 is 1.72 bits per heavy atom. The van der Waals surface area contributed by atoms with Crippen molar-refractivity contribution in [2.75, 3.05) is 14.1 Å². The lowest BCUT2D eigenvalue weighted by atomic mass is 10.0. The van der Waals surface area contributed by atoms with E-state index in [4.69, 9.17) is 0 Å². The molecule has 2 heteroatoms. The fourth-order valence-electron chi connectivity index (χ4n) is 1.74. The number of carbonyl (C=O) groups excluding carboxylic acids is 1. The van der Waals surface area contributed by atoms with E-state index in [9.17, 15) is 4.79 Å². The molecule has 0 bridgehead atoms. The maximum absolute atomic E-state index is 11.9. The Bertz CT molecular complexity index is 660. The molecular formula is C16H15NO. The largest absolute Gasteiger partial charge is 0.338 e. The van der Waals surface area contributed by atoms with Crippen molar-refractivity contribution < 1.29 is 4.79 Å². The van der Waals surface area contributed by atoms with E-state index in [0.717, 1.165) is 10.8 Å². The van der Waals surface area contributed by atoms with E-state index < -0.39 is 0 Å². The van der Waals surface area contributed by atoms with Crippen molar-refractivity contribution in [3.05, 3.63) is 47.5 Å². The highest BCUT2D eigenvalue weighted by Gasteiger charge is 2.03. The fraction of sp³-hybridized carbons (Fsp3) is 0.188. The lowest BCUT2D eigenvalue weighted by Gasteiger charge is -2.02. The van der Waals surface area contributed by atoms with Crippen molar-refractivity contribution in [3.8, 4) is 12.0 Å². The van der Waals surface area contributed by atoms with Gasteiger partial charge in [0.2, 0.25) is 5.78 Å². The van der Waals surface area contributed by atoms with Gasteiger partial charge >= 0.3 is 0 Å². The topological polar surface area (TPSA) is 20.3 Å². The van der Waals surface area contributed by atoms with Crippen molar-refractivity contribution in [1.82, 2.24) is 4.90 Å². The van der Waals surface area contributed by atoms with Gasteiger partial charge in [-0.1, -0.05) is 29.8 Å². The number of nitrogens with zero attached hydrogens (tertiary/aromatic N) is 1. The summed E-state index contributed by atoms with van der Waals surface area (Å²) in [5, 5.41) is 2.21. The Morgan fingerprint density at radius 3 is 2.44 bits per heavy atom. The second-order valence-electron chi connectivity index (χ2n) is 4.53. The molecule has 0 aliphatic rings. The van der Waals surface area contributed by atoms with Crippen LogP contribution in [0.25, 0.3) is 10.8 Å². The summed E-state index contributed by atoms with van der Waals surface area (Å²) < 4.78 is 0. The molecule has 0 amide bonds. The molecule has 0 saturated heterocycles. The van der Waals surface area contributed by atoms with Crippen LogP contribution in [0.3, 0.4) is 0 Å². The number of rotatable bonds is 1. The van der Waals surface area contributed by atoms with Crippen molar-refractivity contribution >= 4 is 16.6 Å². The van der Waals surface area contributed by atoms with Crippen LogP contribution in [0.4, 0.5) is 0 Å². The minimum absolute atomic E-state index is 0.147. The van der Waals surface area contributed by atoms with Crippen LogP contribution in [-0.2, 0) is 0 Å². The quantitative estimate of drug-likeness (QED) is 0.432. The molecule has 0 fully saturated rings. The van der Waals surface area contributed by atoms with Crippen LogP contribution in [0.2, 0.25) is 0 Å². The Hall–Kier alpha value is -2.27. The van der Waals surface area contributed by atoms with E-state index in [1.807, 2.05) is 44.4 Å². The standard InChI is InChI=1S/C16H15NO/c1-12-4-5-14-11-15(7-6-13(14)10-12)16(18)8-9-17(2)3/h4-7,10-11H,1-3H3. The highest BCUT2D eigenvalue weighted by atomic mass is 16.1. The zero-order chi connectivity index (χ0) is 13.1. The van der Waals surface area contributed by atoms with Crippen LogP contribution in [0.15, 0.2) is 36.4 Å². The molecule has 0 aromatic heterocycles. The van der Waals surface area contributed by atoms with Crippen molar-refractivity contribution in [3.63, 3.8) is 0 Å². The summed E-state index contributed by atoms with van der Waals surface area (Å²) in [7, 11) is 3.62. The van der Waals surface area contributed by atoms with E-state index in [2.05, 4.69) is 25.0 Å². The van der Waals surface area contributed by atoms with Gasteiger partial charge in [-0.25, -0.2) is 0 Å². The third-order valence-corrected chi connectivity index (χ3v) is 2.65. The first-order valence-corrected chi connectivity index (χ1v) is 5.80. The van der Waals surface area contributed by atoms with Gasteiger partial charge in [0.05, 0.1) is 0 Å². The molecule has 0 unspecified atom stereocenters. The van der Waals surface area contributed by atoms with Crippen LogP contribution in [0.1, 0.15) is 15.9 Å². The van der Waals surface area contributed by atoms with Crippen LogP contribution in [0, 0.1) is 18.9 Å². The Kier molecular flexibility index (Phi) is 3.34. The summed E-state index contributed by atoms with van der Waals surface area (Å²) in [4.78, 5) is 13.5. The molecule has 2 nitrogen and oxygen atoms in total. The molecule has 0 radical (unpaired) electrons. The molecule has 2 rings (SSSR count). The van der Waals surface area contributed by atoms with Crippen LogP contribution < -0.4 is 0 Å². The first-order chi connectivity index (χ1) is 8.56. The SMILES string of the molecule is Cc1ccc2cc(C(=O)C#CN(C)C)ccc2c1. The van der Waals surface area contributed by atoms with Crippen molar-refractivity contribution in [2.24, 2.45) is 0 Å². The zero-order valence-electron chi connectivity index (χ0n) is 10.8. The van der Waals surface area contributed by atoms with Gasteiger partial charge in [-0.3, -0.25) is 4.79 Å². The first kappa shape index (κ1) is 12.2. The highest BCUT2D eigenvalue weighted by Crippen LogP contribution is 2.17. The molecule has 0 saturated carbocycles. The molecule has 0 atom stereocenters. The highest BCUT2D eigenvalue weighted by molar-refractivity contribution is 6.10. The number of aryl methyl sites for hydroxylation is 1. The van der Waals surface area contributed by atoms with Gasteiger partial charge in [0.1, 0.15) is 0 Å². The average Bonchev–Trinajstić information content (AvgIpc) is 2.35. The molecule has 2 aromatic rings. The van der Waals surface area contributed by atoms with Crippen molar-refractivity contribution in [1.29, 1.82) is 0 Å². The van der Waals surface area contributed by atoms with Crippen LogP contribution in [0.5, 0.6) is 0 Å². The summed E-state index contributed by atoms with van der Waals surface area (Å²) in [6, 6.07) is 14.6. The molecule has 2 aromatic carbocycles.